The zero-order chi connectivity index (χ0) is 14.6. The van der Waals surface area contributed by atoms with Gasteiger partial charge in [-0.05, 0) is 33.1 Å². The summed E-state index contributed by atoms with van der Waals surface area (Å²) in [5, 5.41) is 13.4. The molecular formula is C14H27NO3S. The third-order valence-electron chi connectivity index (χ3n) is 3.56. The van der Waals surface area contributed by atoms with Crippen LogP contribution >= 0.6 is 11.8 Å². The molecule has 5 heteroatoms. The summed E-state index contributed by atoms with van der Waals surface area (Å²) in [7, 11) is 1.44. The van der Waals surface area contributed by atoms with Gasteiger partial charge in [0.1, 0.15) is 5.54 Å². The van der Waals surface area contributed by atoms with E-state index in [0.717, 1.165) is 12.8 Å². The van der Waals surface area contributed by atoms with E-state index in [4.69, 9.17) is 4.74 Å². The second kappa shape index (κ2) is 6.95. The van der Waals surface area contributed by atoms with Crippen molar-refractivity contribution in [3.8, 4) is 0 Å². The number of hydrogen-bond acceptors (Lipinski definition) is 5. The first-order valence-corrected chi connectivity index (χ1v) is 7.92. The van der Waals surface area contributed by atoms with Crippen LogP contribution in [0.25, 0.3) is 0 Å². The highest BCUT2D eigenvalue weighted by Gasteiger charge is 2.40. The molecule has 0 heterocycles. The van der Waals surface area contributed by atoms with Crippen LogP contribution in [0.5, 0.6) is 0 Å². The fraction of sp³-hybridized carbons (Fsp3) is 0.929. The Morgan fingerprint density at radius 3 is 2.47 bits per heavy atom. The minimum atomic E-state index is -0.624. The van der Waals surface area contributed by atoms with Crippen molar-refractivity contribution < 1.29 is 14.6 Å². The maximum Gasteiger partial charge on any atom is 0.325 e. The van der Waals surface area contributed by atoms with Gasteiger partial charge < -0.3 is 9.84 Å². The Balaban J connectivity index is 2.58. The van der Waals surface area contributed by atoms with E-state index in [9.17, 15) is 9.90 Å². The highest BCUT2D eigenvalue weighted by Crippen LogP contribution is 2.30. The Bertz CT molecular complexity index is 307. The minimum Gasteiger partial charge on any atom is -0.468 e. The summed E-state index contributed by atoms with van der Waals surface area (Å²) in [4.78, 5) is 12.0. The number of methoxy groups -OCH3 is 1. The third-order valence-corrected chi connectivity index (χ3v) is 5.01. The van der Waals surface area contributed by atoms with Crippen LogP contribution in [0.4, 0.5) is 0 Å². The predicted molar refractivity (Wildman–Crippen MR) is 79.4 cm³/mol. The molecule has 1 aliphatic carbocycles. The smallest absolute Gasteiger partial charge is 0.325 e. The van der Waals surface area contributed by atoms with Crippen molar-refractivity contribution in [1.29, 1.82) is 0 Å². The van der Waals surface area contributed by atoms with E-state index in [-0.39, 0.29) is 22.6 Å². The van der Waals surface area contributed by atoms with E-state index < -0.39 is 5.54 Å². The first-order chi connectivity index (χ1) is 8.78. The molecule has 1 aliphatic rings. The highest BCUT2D eigenvalue weighted by molar-refractivity contribution is 8.00. The molecule has 1 fully saturated rings. The Labute approximate surface area is 120 Å². The normalized spacial score (nSPS) is 23.3. The summed E-state index contributed by atoms with van der Waals surface area (Å²) in [6.07, 6.45) is 2.64. The Kier molecular flexibility index (Phi) is 6.15. The first-order valence-electron chi connectivity index (χ1n) is 6.98. The second-order valence-corrected chi connectivity index (χ2v) is 7.66. The molecule has 0 bridgehead atoms. The van der Waals surface area contributed by atoms with Gasteiger partial charge >= 0.3 is 5.97 Å². The van der Waals surface area contributed by atoms with E-state index in [1.165, 1.54) is 7.11 Å². The molecule has 0 aromatic heterocycles. The topological polar surface area (TPSA) is 58.6 Å². The quantitative estimate of drug-likeness (QED) is 0.669. The standard InChI is InChI=1S/C14H27NO3S/c1-9(19-11(3)10(2)16)8-14(4,13(17)18-5)15-12-6-7-12/h9-12,15-16H,6-8H2,1-5H3. The van der Waals surface area contributed by atoms with E-state index in [0.29, 0.717) is 12.5 Å². The van der Waals surface area contributed by atoms with Gasteiger partial charge in [-0.1, -0.05) is 13.8 Å². The average molecular weight is 289 g/mol. The van der Waals surface area contributed by atoms with Gasteiger partial charge in [0.25, 0.3) is 0 Å². The number of nitrogens with one attached hydrogen (secondary N) is 1. The number of esters is 1. The maximum atomic E-state index is 12.0. The number of rotatable bonds is 8. The lowest BCUT2D eigenvalue weighted by molar-refractivity contribution is -0.148. The number of thioether (sulfide) groups is 1. The molecule has 0 radical (unpaired) electrons. The second-order valence-electron chi connectivity index (χ2n) is 5.84. The maximum absolute atomic E-state index is 12.0. The van der Waals surface area contributed by atoms with Crippen LogP contribution in [-0.4, -0.2) is 46.4 Å². The third kappa shape index (κ3) is 5.32. The van der Waals surface area contributed by atoms with Crippen molar-refractivity contribution in [2.45, 2.75) is 75.1 Å². The number of hydrogen-bond donors (Lipinski definition) is 2. The largest absolute Gasteiger partial charge is 0.468 e. The zero-order valence-electron chi connectivity index (χ0n) is 12.6. The molecular weight excluding hydrogens is 262 g/mol. The van der Waals surface area contributed by atoms with Crippen LogP contribution in [0.15, 0.2) is 0 Å². The zero-order valence-corrected chi connectivity index (χ0v) is 13.4. The molecule has 2 N–H and O–H groups in total. The van der Waals surface area contributed by atoms with Gasteiger partial charge in [0.2, 0.25) is 0 Å². The van der Waals surface area contributed by atoms with E-state index in [1.807, 2.05) is 13.8 Å². The van der Waals surface area contributed by atoms with E-state index in [1.54, 1.807) is 18.7 Å². The fourth-order valence-corrected chi connectivity index (χ4v) is 3.60. The van der Waals surface area contributed by atoms with Crippen molar-refractivity contribution in [2.75, 3.05) is 7.11 Å². The molecule has 0 aromatic carbocycles. The molecule has 0 aromatic rings. The van der Waals surface area contributed by atoms with Crippen molar-refractivity contribution in [1.82, 2.24) is 5.32 Å². The lowest BCUT2D eigenvalue weighted by Crippen LogP contribution is -2.52. The van der Waals surface area contributed by atoms with Gasteiger partial charge in [0.05, 0.1) is 13.2 Å². The molecule has 4 atom stereocenters. The van der Waals surface area contributed by atoms with Gasteiger partial charge in [-0.2, -0.15) is 11.8 Å². The molecule has 0 amide bonds. The summed E-state index contributed by atoms with van der Waals surface area (Å²) >= 11 is 1.71. The monoisotopic (exact) mass is 289 g/mol. The summed E-state index contributed by atoms with van der Waals surface area (Å²) in [6, 6.07) is 0.454. The summed E-state index contributed by atoms with van der Waals surface area (Å²) in [5.74, 6) is -0.198. The highest BCUT2D eigenvalue weighted by atomic mass is 32.2. The molecule has 4 unspecified atom stereocenters. The lowest BCUT2D eigenvalue weighted by atomic mass is 9.96. The van der Waals surface area contributed by atoms with E-state index in [2.05, 4.69) is 12.2 Å². The van der Waals surface area contributed by atoms with Gasteiger partial charge in [-0.25, -0.2) is 0 Å². The molecule has 0 aliphatic heterocycles. The van der Waals surface area contributed by atoms with Crippen LogP contribution in [0, 0.1) is 0 Å². The van der Waals surface area contributed by atoms with E-state index >= 15 is 0 Å². The number of carbonyl (C=O) groups is 1. The van der Waals surface area contributed by atoms with Gasteiger partial charge in [-0.3, -0.25) is 10.1 Å². The van der Waals surface area contributed by atoms with Crippen LogP contribution in [0.2, 0.25) is 0 Å². The van der Waals surface area contributed by atoms with Gasteiger partial charge in [0, 0.05) is 16.5 Å². The Morgan fingerprint density at radius 2 is 2.05 bits per heavy atom. The number of aliphatic hydroxyl groups is 1. The summed E-state index contributed by atoms with van der Waals surface area (Å²) < 4.78 is 4.94. The molecule has 1 rings (SSSR count). The Morgan fingerprint density at radius 1 is 1.47 bits per heavy atom. The SMILES string of the molecule is COC(=O)C(C)(CC(C)SC(C)C(C)O)NC1CC1. The van der Waals surface area contributed by atoms with Crippen LogP contribution in [0.1, 0.15) is 47.0 Å². The number of ether oxygens (including phenoxy) is 1. The van der Waals surface area contributed by atoms with Crippen molar-refractivity contribution in [2.24, 2.45) is 0 Å². The molecule has 1 saturated carbocycles. The number of aliphatic hydroxyl groups excluding tert-OH is 1. The van der Waals surface area contributed by atoms with Gasteiger partial charge in [0.15, 0.2) is 0 Å². The molecule has 4 nitrogen and oxygen atoms in total. The summed E-state index contributed by atoms with van der Waals surface area (Å²) in [6.45, 7) is 7.82. The van der Waals surface area contributed by atoms with Crippen LogP contribution in [-0.2, 0) is 9.53 Å². The number of carbonyl (C=O) groups excluding carboxylic acids is 1. The molecule has 19 heavy (non-hydrogen) atoms. The van der Waals surface area contributed by atoms with Crippen LogP contribution in [0.3, 0.4) is 0 Å². The first kappa shape index (κ1) is 16.8. The van der Waals surface area contributed by atoms with Crippen LogP contribution < -0.4 is 5.32 Å². The predicted octanol–water partition coefficient (Wildman–Crippen LogP) is 1.95. The van der Waals surface area contributed by atoms with Crippen molar-refractivity contribution in [3.63, 3.8) is 0 Å². The molecule has 112 valence electrons. The van der Waals surface area contributed by atoms with Gasteiger partial charge in [-0.15, -0.1) is 0 Å². The fourth-order valence-electron chi connectivity index (χ4n) is 2.21. The molecule has 0 saturated heterocycles. The van der Waals surface area contributed by atoms with Crippen molar-refractivity contribution in [3.05, 3.63) is 0 Å². The molecule has 0 spiro atoms. The van der Waals surface area contributed by atoms with Crippen molar-refractivity contribution >= 4 is 17.7 Å². The Hall–Kier alpha value is -0.260. The minimum absolute atomic E-state index is 0.165. The lowest BCUT2D eigenvalue weighted by Gasteiger charge is -2.31. The average Bonchev–Trinajstić information content (AvgIpc) is 3.10. The summed E-state index contributed by atoms with van der Waals surface area (Å²) in [5.41, 5.74) is -0.624.